The number of carbonyl (C=O) groups is 2. The fourth-order valence-electron chi connectivity index (χ4n) is 3.95. The van der Waals surface area contributed by atoms with Crippen LogP contribution in [0.1, 0.15) is 39.5 Å². The Hall–Kier alpha value is -3.96. The topological polar surface area (TPSA) is 55.4 Å². The third kappa shape index (κ3) is 5.58. The first kappa shape index (κ1) is 24.2. The minimum absolute atomic E-state index is 0.248. The number of esters is 1. The van der Waals surface area contributed by atoms with Crippen molar-refractivity contribution in [2.45, 2.75) is 20.8 Å². The second-order valence-corrected chi connectivity index (χ2v) is 9.06. The van der Waals surface area contributed by atoms with Crippen LogP contribution in [-0.2, 0) is 9.53 Å². The molecule has 4 rings (SSSR count). The Labute approximate surface area is 209 Å². The van der Waals surface area contributed by atoms with E-state index in [1.54, 1.807) is 6.92 Å². The molecule has 1 aromatic heterocycles. The van der Waals surface area contributed by atoms with Crippen molar-refractivity contribution in [2.24, 2.45) is 0 Å². The second-order valence-electron chi connectivity index (χ2n) is 8.18. The molecule has 1 amide bonds. The smallest absolute Gasteiger partial charge is 0.341 e. The lowest BCUT2D eigenvalue weighted by Crippen LogP contribution is -2.16. The summed E-state index contributed by atoms with van der Waals surface area (Å²) in [5, 5.41) is 5.38. The third-order valence-corrected chi connectivity index (χ3v) is 6.51. The van der Waals surface area contributed by atoms with Crippen LogP contribution in [0.5, 0.6) is 0 Å². The van der Waals surface area contributed by atoms with Gasteiger partial charge in [-0.1, -0.05) is 84.4 Å². The Kier molecular flexibility index (Phi) is 7.58. The molecule has 0 atom stereocenters. The number of aryl methyl sites for hydroxylation is 2. The molecule has 0 radical (unpaired) electrons. The second kappa shape index (κ2) is 11.0. The number of carbonyl (C=O) groups excluding carboxylic acids is 2. The maximum absolute atomic E-state index is 13.6. The molecule has 4 aromatic rings. The summed E-state index contributed by atoms with van der Waals surface area (Å²) in [5.41, 5.74) is 6.49. The highest BCUT2D eigenvalue weighted by molar-refractivity contribution is 7.15. The first-order valence-corrected chi connectivity index (χ1v) is 12.4. The summed E-state index contributed by atoms with van der Waals surface area (Å²) in [6.45, 7) is 6.07. The predicted octanol–water partition coefficient (Wildman–Crippen LogP) is 7.39. The van der Waals surface area contributed by atoms with E-state index in [4.69, 9.17) is 4.74 Å². The number of anilines is 1. The molecule has 5 heteroatoms. The molecule has 176 valence electrons. The average molecular weight is 482 g/mol. The van der Waals surface area contributed by atoms with Gasteiger partial charge in [-0.25, -0.2) is 4.79 Å². The van der Waals surface area contributed by atoms with Crippen molar-refractivity contribution >= 4 is 39.9 Å². The van der Waals surface area contributed by atoms with E-state index in [-0.39, 0.29) is 12.5 Å². The van der Waals surface area contributed by atoms with Crippen molar-refractivity contribution in [3.63, 3.8) is 0 Å². The number of benzene rings is 3. The van der Waals surface area contributed by atoms with Gasteiger partial charge in [0.1, 0.15) is 10.6 Å². The third-order valence-electron chi connectivity index (χ3n) is 5.61. The van der Waals surface area contributed by atoms with Gasteiger partial charge in [0.2, 0.25) is 0 Å². The Morgan fingerprint density at radius 3 is 2.26 bits per heavy atom. The molecule has 1 N–H and O–H groups in total. The number of nitrogens with one attached hydrogen (secondary N) is 1. The summed E-state index contributed by atoms with van der Waals surface area (Å²) < 4.78 is 5.38. The highest BCUT2D eigenvalue weighted by Crippen LogP contribution is 2.38. The van der Waals surface area contributed by atoms with Gasteiger partial charge in [0.15, 0.2) is 0 Å². The van der Waals surface area contributed by atoms with Gasteiger partial charge in [0, 0.05) is 16.5 Å². The van der Waals surface area contributed by atoms with Gasteiger partial charge in [-0.2, -0.15) is 0 Å². The van der Waals surface area contributed by atoms with Gasteiger partial charge in [0.25, 0.3) is 5.91 Å². The molecule has 0 fully saturated rings. The zero-order valence-corrected chi connectivity index (χ0v) is 20.8. The van der Waals surface area contributed by atoms with Gasteiger partial charge in [-0.3, -0.25) is 4.79 Å². The maximum Gasteiger partial charge on any atom is 0.341 e. The predicted molar refractivity (Wildman–Crippen MR) is 145 cm³/mol. The lowest BCUT2D eigenvalue weighted by molar-refractivity contribution is -0.111. The van der Waals surface area contributed by atoms with Gasteiger partial charge in [-0.05, 0) is 49.1 Å². The fourth-order valence-corrected chi connectivity index (χ4v) is 4.90. The maximum atomic E-state index is 13.6. The highest BCUT2D eigenvalue weighted by atomic mass is 32.1. The first-order valence-electron chi connectivity index (χ1n) is 11.5. The van der Waals surface area contributed by atoms with Crippen LogP contribution in [0.2, 0.25) is 0 Å². The van der Waals surface area contributed by atoms with Crippen molar-refractivity contribution < 1.29 is 14.3 Å². The summed E-state index contributed by atoms with van der Waals surface area (Å²) in [7, 11) is 0. The lowest BCUT2D eigenvalue weighted by atomic mass is 9.97. The van der Waals surface area contributed by atoms with E-state index in [2.05, 4.69) is 11.4 Å². The molecular weight excluding hydrogens is 454 g/mol. The highest BCUT2D eigenvalue weighted by Gasteiger charge is 2.24. The molecule has 3 aromatic carbocycles. The molecule has 0 aliphatic carbocycles. The van der Waals surface area contributed by atoms with E-state index < -0.39 is 5.97 Å². The lowest BCUT2D eigenvalue weighted by Gasteiger charge is -2.12. The van der Waals surface area contributed by atoms with Crippen LogP contribution >= 0.6 is 11.3 Å². The van der Waals surface area contributed by atoms with Crippen LogP contribution in [0.15, 0.2) is 84.2 Å². The Bertz CT molecular complexity index is 1370. The Morgan fingerprint density at radius 2 is 1.60 bits per heavy atom. The normalized spacial score (nSPS) is 11.2. The molecule has 0 aliphatic rings. The minimum atomic E-state index is -0.452. The van der Waals surface area contributed by atoms with Gasteiger partial charge >= 0.3 is 5.97 Å². The van der Waals surface area contributed by atoms with E-state index in [0.29, 0.717) is 16.1 Å². The van der Waals surface area contributed by atoms with Crippen molar-refractivity contribution in [3.8, 4) is 11.1 Å². The molecular formula is C30H27NO3S. The summed E-state index contributed by atoms with van der Waals surface area (Å²) in [5.74, 6) is -0.744. The number of hydrogen-bond acceptors (Lipinski definition) is 4. The van der Waals surface area contributed by atoms with E-state index in [0.717, 1.165) is 33.4 Å². The molecule has 1 heterocycles. The molecule has 0 bridgehead atoms. The van der Waals surface area contributed by atoms with Crippen LogP contribution in [0.3, 0.4) is 0 Å². The van der Waals surface area contributed by atoms with Crippen LogP contribution in [0.25, 0.3) is 22.8 Å². The molecule has 0 saturated heterocycles. The van der Waals surface area contributed by atoms with E-state index in [1.165, 1.54) is 11.3 Å². The quantitative estimate of drug-likeness (QED) is 0.170. The van der Waals surface area contributed by atoms with E-state index in [1.807, 2.05) is 98.1 Å². The van der Waals surface area contributed by atoms with Crippen LogP contribution in [-0.4, -0.2) is 18.5 Å². The van der Waals surface area contributed by atoms with Gasteiger partial charge in [-0.15, -0.1) is 11.3 Å². The van der Waals surface area contributed by atoms with Crippen molar-refractivity contribution in [2.75, 3.05) is 11.9 Å². The minimum Gasteiger partial charge on any atom is -0.462 e. The summed E-state index contributed by atoms with van der Waals surface area (Å²) in [6, 6.07) is 25.3. The van der Waals surface area contributed by atoms with E-state index >= 15 is 0 Å². The summed E-state index contributed by atoms with van der Waals surface area (Å²) in [4.78, 5) is 26.6. The standard InChI is InChI=1S/C30H27NO3S/c1-4-34-30(33)27-26(24-16-15-20(2)17-21(24)3)19-35-29(27)31-28(32)25(23-13-9-6-10-14-23)18-22-11-7-5-8-12-22/h5-19H,4H2,1-3H3,(H,31,32)/b25-18+. The summed E-state index contributed by atoms with van der Waals surface area (Å²) in [6.07, 6.45) is 1.85. The monoisotopic (exact) mass is 481 g/mol. The average Bonchev–Trinajstić information content (AvgIpc) is 3.27. The molecule has 35 heavy (non-hydrogen) atoms. The number of rotatable bonds is 7. The largest absolute Gasteiger partial charge is 0.462 e. The molecule has 4 nitrogen and oxygen atoms in total. The molecule has 0 unspecified atom stereocenters. The summed E-state index contributed by atoms with van der Waals surface area (Å²) >= 11 is 1.33. The van der Waals surface area contributed by atoms with Crippen LogP contribution < -0.4 is 5.32 Å². The van der Waals surface area contributed by atoms with Crippen molar-refractivity contribution in [1.29, 1.82) is 0 Å². The SMILES string of the molecule is CCOC(=O)c1c(-c2ccc(C)cc2C)csc1NC(=O)/C(=C/c1ccccc1)c1ccccc1. The van der Waals surface area contributed by atoms with E-state index in [9.17, 15) is 9.59 Å². The zero-order chi connectivity index (χ0) is 24.8. The Balaban J connectivity index is 1.76. The number of hydrogen-bond donors (Lipinski definition) is 1. The molecule has 0 spiro atoms. The zero-order valence-electron chi connectivity index (χ0n) is 20.0. The molecule has 0 aliphatic heterocycles. The van der Waals surface area contributed by atoms with Crippen molar-refractivity contribution in [3.05, 3.63) is 112 Å². The van der Waals surface area contributed by atoms with Gasteiger partial charge in [0.05, 0.1) is 6.61 Å². The number of amides is 1. The number of ether oxygens (including phenoxy) is 1. The fraction of sp³-hybridized carbons (Fsp3) is 0.133. The first-order chi connectivity index (χ1) is 17.0. The van der Waals surface area contributed by atoms with Crippen LogP contribution in [0.4, 0.5) is 5.00 Å². The van der Waals surface area contributed by atoms with Gasteiger partial charge < -0.3 is 10.1 Å². The molecule has 0 saturated carbocycles. The van der Waals surface area contributed by atoms with Crippen LogP contribution in [0, 0.1) is 13.8 Å². The van der Waals surface area contributed by atoms with Crippen molar-refractivity contribution in [1.82, 2.24) is 0 Å². The number of thiophene rings is 1. The Morgan fingerprint density at radius 1 is 0.914 bits per heavy atom.